The first kappa shape index (κ1) is 11.9. The molecular weight excluding hydrogens is 210 g/mol. The molecule has 0 aromatic heterocycles. The molecule has 0 amide bonds. The number of hydrogen-bond acceptors (Lipinski definition) is 2. The summed E-state index contributed by atoms with van der Waals surface area (Å²) in [5.74, 6) is 0.283. The number of benzene rings is 2. The first-order valence-corrected chi connectivity index (χ1v) is 5.87. The quantitative estimate of drug-likeness (QED) is 0.785. The maximum absolute atomic E-state index is 10.1. The normalized spacial score (nSPS) is 13.9. The van der Waals surface area contributed by atoms with Crippen LogP contribution in [0.15, 0.2) is 36.4 Å². The van der Waals surface area contributed by atoms with Crippen molar-refractivity contribution in [2.75, 3.05) is 0 Å². The van der Waals surface area contributed by atoms with E-state index in [0.29, 0.717) is 0 Å². The second-order valence-corrected chi connectivity index (χ2v) is 5.56. The fraction of sp³-hybridized carbons (Fsp3) is 0.333. The van der Waals surface area contributed by atoms with Gasteiger partial charge in [-0.05, 0) is 22.3 Å². The molecule has 0 fully saturated rings. The summed E-state index contributed by atoms with van der Waals surface area (Å²) in [4.78, 5) is 0. The van der Waals surface area contributed by atoms with Crippen molar-refractivity contribution in [3.63, 3.8) is 0 Å². The molecule has 0 aliphatic carbocycles. The van der Waals surface area contributed by atoms with E-state index >= 15 is 0 Å². The van der Waals surface area contributed by atoms with Crippen LogP contribution in [0.3, 0.4) is 0 Å². The topological polar surface area (TPSA) is 46.2 Å². The lowest BCUT2D eigenvalue weighted by Crippen LogP contribution is -2.26. The zero-order valence-electron chi connectivity index (χ0n) is 10.6. The van der Waals surface area contributed by atoms with Gasteiger partial charge in [0.1, 0.15) is 5.75 Å². The molecule has 1 atom stereocenters. The van der Waals surface area contributed by atoms with Gasteiger partial charge in [-0.3, -0.25) is 0 Å². The number of phenolic OH excluding ortho intramolecular Hbond substituents is 1. The Morgan fingerprint density at radius 2 is 1.71 bits per heavy atom. The van der Waals surface area contributed by atoms with Crippen LogP contribution in [-0.2, 0) is 0 Å². The van der Waals surface area contributed by atoms with Crippen LogP contribution in [0.1, 0.15) is 32.4 Å². The summed E-state index contributed by atoms with van der Waals surface area (Å²) in [6.07, 6.45) is 0. The van der Waals surface area contributed by atoms with E-state index in [9.17, 15) is 5.11 Å². The third kappa shape index (κ3) is 2.13. The largest absolute Gasteiger partial charge is 0.508 e. The number of nitrogens with two attached hydrogens (primary N) is 1. The summed E-state index contributed by atoms with van der Waals surface area (Å²) < 4.78 is 0. The lowest BCUT2D eigenvalue weighted by atomic mass is 9.81. The molecule has 2 rings (SSSR count). The predicted molar refractivity (Wildman–Crippen MR) is 72.0 cm³/mol. The molecule has 0 aliphatic rings. The van der Waals surface area contributed by atoms with Crippen molar-refractivity contribution in [2.45, 2.75) is 26.8 Å². The number of rotatable bonds is 1. The predicted octanol–water partition coefficient (Wildman–Crippen LogP) is 3.59. The summed E-state index contributed by atoms with van der Waals surface area (Å²) in [5.41, 5.74) is 7.04. The molecule has 0 unspecified atom stereocenters. The van der Waals surface area contributed by atoms with E-state index in [4.69, 9.17) is 5.73 Å². The highest BCUT2D eigenvalue weighted by Gasteiger charge is 2.26. The van der Waals surface area contributed by atoms with Crippen molar-refractivity contribution in [1.82, 2.24) is 0 Å². The van der Waals surface area contributed by atoms with Crippen LogP contribution in [0.4, 0.5) is 0 Å². The average Bonchev–Trinajstić information content (AvgIpc) is 2.27. The van der Waals surface area contributed by atoms with Gasteiger partial charge in [-0.2, -0.15) is 0 Å². The van der Waals surface area contributed by atoms with Gasteiger partial charge >= 0.3 is 0 Å². The molecule has 0 radical (unpaired) electrons. The van der Waals surface area contributed by atoms with Crippen molar-refractivity contribution < 1.29 is 5.11 Å². The smallest absolute Gasteiger partial charge is 0.121 e. The number of fused-ring (bicyclic) bond motifs is 1. The van der Waals surface area contributed by atoms with Crippen LogP contribution < -0.4 is 5.73 Å². The van der Waals surface area contributed by atoms with Gasteiger partial charge in [0.05, 0.1) is 0 Å². The van der Waals surface area contributed by atoms with Gasteiger partial charge in [0.25, 0.3) is 0 Å². The first-order valence-electron chi connectivity index (χ1n) is 5.87. The van der Waals surface area contributed by atoms with Crippen LogP contribution in [0.5, 0.6) is 5.75 Å². The Kier molecular flexibility index (Phi) is 2.84. The maximum Gasteiger partial charge on any atom is 0.121 e. The van der Waals surface area contributed by atoms with Gasteiger partial charge in [0.2, 0.25) is 0 Å². The molecule has 2 aromatic rings. The van der Waals surface area contributed by atoms with Crippen molar-refractivity contribution in [3.05, 3.63) is 42.0 Å². The van der Waals surface area contributed by atoms with Gasteiger partial charge in [-0.1, -0.05) is 51.1 Å². The molecular formula is C15H19NO. The Balaban J connectivity index is 2.71. The monoisotopic (exact) mass is 229 g/mol. The standard InChI is InChI=1S/C15H19NO/c1-15(2,3)14(16)13-11-7-5-4-6-10(11)8-9-12(13)17/h4-9,14,17H,16H2,1-3H3/t14-/m1/s1. The molecule has 0 heterocycles. The molecule has 0 spiro atoms. The first-order chi connectivity index (χ1) is 7.91. The third-order valence-corrected chi connectivity index (χ3v) is 3.19. The van der Waals surface area contributed by atoms with E-state index in [1.165, 1.54) is 0 Å². The van der Waals surface area contributed by atoms with Crippen molar-refractivity contribution in [2.24, 2.45) is 11.1 Å². The summed E-state index contributed by atoms with van der Waals surface area (Å²) in [7, 11) is 0. The Labute approximate surface area is 102 Å². The third-order valence-electron chi connectivity index (χ3n) is 3.19. The molecule has 0 bridgehead atoms. The van der Waals surface area contributed by atoms with E-state index < -0.39 is 0 Å². The Morgan fingerprint density at radius 3 is 2.35 bits per heavy atom. The van der Waals surface area contributed by atoms with Gasteiger partial charge in [0, 0.05) is 11.6 Å². The second-order valence-electron chi connectivity index (χ2n) is 5.56. The molecule has 2 nitrogen and oxygen atoms in total. The van der Waals surface area contributed by atoms with Crippen molar-refractivity contribution in [3.8, 4) is 5.75 Å². The SMILES string of the molecule is CC(C)(C)[C@H](N)c1c(O)ccc2ccccc12. The summed E-state index contributed by atoms with van der Waals surface area (Å²) in [5, 5.41) is 12.2. The van der Waals surface area contributed by atoms with Crippen LogP contribution in [0.25, 0.3) is 10.8 Å². The molecule has 2 heteroatoms. The summed E-state index contributed by atoms with van der Waals surface area (Å²) in [6, 6.07) is 11.5. The van der Waals surface area contributed by atoms with E-state index in [1.807, 2.05) is 30.3 Å². The lowest BCUT2D eigenvalue weighted by molar-refractivity contribution is 0.319. The minimum atomic E-state index is -0.186. The van der Waals surface area contributed by atoms with E-state index in [2.05, 4.69) is 20.8 Å². The van der Waals surface area contributed by atoms with Crippen LogP contribution in [0, 0.1) is 5.41 Å². The highest BCUT2D eigenvalue weighted by Crippen LogP contribution is 2.39. The Morgan fingerprint density at radius 1 is 1.06 bits per heavy atom. The van der Waals surface area contributed by atoms with Gasteiger partial charge in [-0.15, -0.1) is 0 Å². The number of hydrogen-bond donors (Lipinski definition) is 2. The molecule has 0 saturated carbocycles. The molecule has 0 saturated heterocycles. The lowest BCUT2D eigenvalue weighted by Gasteiger charge is -2.29. The van der Waals surface area contributed by atoms with E-state index in [1.54, 1.807) is 6.07 Å². The van der Waals surface area contributed by atoms with Crippen LogP contribution in [0.2, 0.25) is 0 Å². The summed E-state index contributed by atoms with van der Waals surface area (Å²) in [6.45, 7) is 6.25. The minimum Gasteiger partial charge on any atom is -0.508 e. The van der Waals surface area contributed by atoms with Crippen LogP contribution >= 0.6 is 0 Å². The molecule has 0 aliphatic heterocycles. The number of phenols is 1. The molecule has 3 N–H and O–H groups in total. The maximum atomic E-state index is 10.1. The van der Waals surface area contributed by atoms with Gasteiger partial charge in [-0.25, -0.2) is 0 Å². The molecule has 17 heavy (non-hydrogen) atoms. The Hall–Kier alpha value is -1.54. The fourth-order valence-electron chi connectivity index (χ4n) is 2.04. The average molecular weight is 229 g/mol. The van der Waals surface area contributed by atoms with Crippen molar-refractivity contribution >= 4 is 10.8 Å². The molecule has 90 valence electrons. The van der Waals surface area contributed by atoms with Gasteiger partial charge < -0.3 is 10.8 Å². The minimum absolute atomic E-state index is 0.0817. The van der Waals surface area contributed by atoms with Gasteiger partial charge in [0.15, 0.2) is 0 Å². The second kappa shape index (κ2) is 4.04. The van der Waals surface area contributed by atoms with Crippen molar-refractivity contribution in [1.29, 1.82) is 0 Å². The zero-order valence-corrected chi connectivity index (χ0v) is 10.6. The summed E-state index contributed by atoms with van der Waals surface area (Å²) >= 11 is 0. The molecule has 2 aromatic carbocycles. The zero-order chi connectivity index (χ0) is 12.6. The highest BCUT2D eigenvalue weighted by atomic mass is 16.3. The fourth-order valence-corrected chi connectivity index (χ4v) is 2.04. The Bertz CT molecular complexity index is 540. The van der Waals surface area contributed by atoms with E-state index in [-0.39, 0.29) is 17.2 Å². The van der Waals surface area contributed by atoms with Crippen LogP contribution in [-0.4, -0.2) is 5.11 Å². The number of aromatic hydroxyl groups is 1. The van der Waals surface area contributed by atoms with E-state index in [0.717, 1.165) is 16.3 Å². The highest BCUT2D eigenvalue weighted by molar-refractivity contribution is 5.88.